The van der Waals surface area contributed by atoms with E-state index >= 15 is 0 Å². The van der Waals surface area contributed by atoms with Crippen molar-refractivity contribution >= 4 is 33.5 Å². The summed E-state index contributed by atoms with van der Waals surface area (Å²) in [5.41, 5.74) is 2.57. The van der Waals surface area contributed by atoms with Gasteiger partial charge in [0.2, 0.25) is 0 Å². The van der Waals surface area contributed by atoms with Gasteiger partial charge in [-0.05, 0) is 47.7 Å². The van der Waals surface area contributed by atoms with Gasteiger partial charge in [-0.1, -0.05) is 28.9 Å². The minimum Gasteiger partial charge on any atom is -0.497 e. The minimum absolute atomic E-state index is 0.0132. The molecule has 2 nitrogen and oxygen atoms in total. The van der Waals surface area contributed by atoms with Crippen molar-refractivity contribution in [2.45, 2.75) is 12.7 Å². The number of hydrogen-bond donors (Lipinski definition) is 0. The number of benzene rings is 2. The Labute approximate surface area is 138 Å². The second-order valence-corrected chi connectivity index (χ2v) is 6.64. The third kappa shape index (κ3) is 4.11. The normalized spacial score (nSPS) is 10.4. The first kappa shape index (κ1) is 16.1. The van der Waals surface area contributed by atoms with Crippen LogP contribution in [0.3, 0.4) is 0 Å². The van der Waals surface area contributed by atoms with E-state index in [1.165, 1.54) is 5.56 Å². The van der Waals surface area contributed by atoms with Gasteiger partial charge >= 0.3 is 0 Å². The van der Waals surface area contributed by atoms with Gasteiger partial charge in [-0.25, -0.2) is 0 Å². The van der Waals surface area contributed by atoms with Crippen LogP contribution in [0.2, 0.25) is 0 Å². The van der Waals surface area contributed by atoms with Crippen molar-refractivity contribution in [1.29, 1.82) is 0 Å². The lowest BCUT2D eigenvalue weighted by molar-refractivity contribution is 0.103. The standard InChI is InChI=1S/C17H17BrO2S/c1-3-21-11-12-4-9-15(16(18)10-12)17(19)13-5-7-14(20-2)8-6-13/h4-10H,3,11H2,1-2H3. The van der Waals surface area contributed by atoms with E-state index in [1.54, 1.807) is 31.4 Å². The topological polar surface area (TPSA) is 26.3 Å². The second-order valence-electron chi connectivity index (χ2n) is 4.51. The van der Waals surface area contributed by atoms with Crippen LogP contribution >= 0.6 is 27.7 Å². The molecule has 0 radical (unpaired) electrons. The Morgan fingerprint density at radius 3 is 2.48 bits per heavy atom. The molecule has 21 heavy (non-hydrogen) atoms. The zero-order valence-corrected chi connectivity index (χ0v) is 14.5. The molecule has 0 aromatic heterocycles. The highest BCUT2D eigenvalue weighted by atomic mass is 79.9. The summed E-state index contributed by atoms with van der Waals surface area (Å²) in [5.74, 6) is 2.81. The first-order chi connectivity index (χ1) is 10.2. The molecular weight excluding hydrogens is 348 g/mol. The summed E-state index contributed by atoms with van der Waals surface area (Å²) in [6.45, 7) is 2.14. The van der Waals surface area contributed by atoms with E-state index in [1.807, 2.05) is 30.0 Å². The fraction of sp³-hybridized carbons (Fsp3) is 0.235. The van der Waals surface area contributed by atoms with Crippen LogP contribution in [-0.4, -0.2) is 18.6 Å². The summed E-state index contributed by atoms with van der Waals surface area (Å²) in [5, 5.41) is 0. The molecule has 0 aliphatic rings. The number of rotatable bonds is 6. The minimum atomic E-state index is 0.0132. The molecule has 0 atom stereocenters. The van der Waals surface area contributed by atoms with Crippen LogP contribution in [0.5, 0.6) is 5.75 Å². The van der Waals surface area contributed by atoms with Gasteiger partial charge in [0.05, 0.1) is 7.11 Å². The van der Waals surface area contributed by atoms with E-state index in [4.69, 9.17) is 4.74 Å². The summed E-state index contributed by atoms with van der Waals surface area (Å²) in [6.07, 6.45) is 0. The van der Waals surface area contributed by atoms with E-state index in [2.05, 4.69) is 22.9 Å². The SMILES string of the molecule is CCSCc1ccc(C(=O)c2ccc(OC)cc2)c(Br)c1. The molecule has 0 fully saturated rings. The summed E-state index contributed by atoms with van der Waals surface area (Å²) in [4.78, 5) is 12.5. The van der Waals surface area contributed by atoms with Crippen molar-refractivity contribution in [1.82, 2.24) is 0 Å². The van der Waals surface area contributed by atoms with Crippen LogP contribution in [0.15, 0.2) is 46.9 Å². The number of carbonyl (C=O) groups excluding carboxylic acids is 1. The molecule has 0 aliphatic carbocycles. The summed E-state index contributed by atoms with van der Waals surface area (Å²) in [7, 11) is 1.61. The zero-order valence-electron chi connectivity index (χ0n) is 12.1. The van der Waals surface area contributed by atoms with Crippen molar-refractivity contribution in [3.8, 4) is 5.75 Å². The Hall–Kier alpha value is -1.26. The molecule has 0 spiro atoms. The van der Waals surface area contributed by atoms with Gasteiger partial charge in [0, 0.05) is 21.4 Å². The van der Waals surface area contributed by atoms with E-state index in [9.17, 15) is 4.79 Å². The third-order valence-electron chi connectivity index (χ3n) is 3.10. The number of hydrogen-bond acceptors (Lipinski definition) is 3. The van der Waals surface area contributed by atoms with Gasteiger partial charge in [-0.15, -0.1) is 0 Å². The quantitative estimate of drug-likeness (QED) is 0.678. The Bertz CT molecular complexity index is 623. The number of carbonyl (C=O) groups is 1. The van der Waals surface area contributed by atoms with Crippen molar-refractivity contribution in [2.24, 2.45) is 0 Å². The molecule has 0 bridgehead atoms. The van der Waals surface area contributed by atoms with Crippen LogP contribution in [0.1, 0.15) is 28.4 Å². The first-order valence-electron chi connectivity index (χ1n) is 6.70. The highest BCUT2D eigenvalue weighted by Crippen LogP contribution is 2.24. The van der Waals surface area contributed by atoms with Gasteiger partial charge in [-0.2, -0.15) is 11.8 Å². The average Bonchev–Trinajstić information content (AvgIpc) is 2.52. The number of methoxy groups -OCH3 is 1. The monoisotopic (exact) mass is 364 g/mol. The van der Waals surface area contributed by atoms with Crippen molar-refractivity contribution in [3.63, 3.8) is 0 Å². The Kier molecular flexibility index (Phi) is 5.88. The van der Waals surface area contributed by atoms with Gasteiger partial charge in [0.15, 0.2) is 5.78 Å². The highest BCUT2D eigenvalue weighted by Gasteiger charge is 2.13. The Morgan fingerprint density at radius 2 is 1.90 bits per heavy atom. The van der Waals surface area contributed by atoms with Crippen molar-refractivity contribution < 1.29 is 9.53 Å². The average molecular weight is 365 g/mol. The summed E-state index contributed by atoms with van der Waals surface area (Å²) < 4.78 is 5.95. The van der Waals surface area contributed by atoms with Gasteiger partial charge in [-0.3, -0.25) is 4.79 Å². The summed E-state index contributed by atoms with van der Waals surface area (Å²) in [6, 6.07) is 13.1. The lowest BCUT2D eigenvalue weighted by Crippen LogP contribution is -2.02. The lowest BCUT2D eigenvalue weighted by atomic mass is 10.0. The molecule has 0 N–H and O–H groups in total. The fourth-order valence-corrected chi connectivity index (χ4v) is 3.18. The number of ether oxygens (including phenoxy) is 1. The molecular formula is C17H17BrO2S. The van der Waals surface area contributed by atoms with Crippen molar-refractivity contribution in [3.05, 3.63) is 63.6 Å². The number of halogens is 1. The van der Waals surface area contributed by atoms with Crippen LogP contribution in [0, 0.1) is 0 Å². The zero-order chi connectivity index (χ0) is 15.2. The van der Waals surface area contributed by atoms with Crippen molar-refractivity contribution in [2.75, 3.05) is 12.9 Å². The molecule has 4 heteroatoms. The van der Waals surface area contributed by atoms with E-state index in [0.29, 0.717) is 11.1 Å². The predicted octanol–water partition coefficient (Wildman–Crippen LogP) is 4.94. The third-order valence-corrected chi connectivity index (χ3v) is 4.70. The molecule has 110 valence electrons. The van der Waals surface area contributed by atoms with Gasteiger partial charge in [0.25, 0.3) is 0 Å². The maximum absolute atomic E-state index is 12.5. The second kappa shape index (κ2) is 7.66. The molecule has 0 amide bonds. The fourth-order valence-electron chi connectivity index (χ4n) is 1.95. The predicted molar refractivity (Wildman–Crippen MR) is 92.4 cm³/mol. The smallest absolute Gasteiger partial charge is 0.194 e. The molecule has 2 rings (SSSR count). The van der Waals surface area contributed by atoms with Crippen LogP contribution < -0.4 is 4.74 Å². The maximum Gasteiger partial charge on any atom is 0.194 e. The molecule has 0 saturated heterocycles. The molecule has 0 saturated carbocycles. The largest absolute Gasteiger partial charge is 0.497 e. The molecule has 2 aromatic carbocycles. The number of ketones is 1. The first-order valence-corrected chi connectivity index (χ1v) is 8.65. The Balaban J connectivity index is 2.21. The maximum atomic E-state index is 12.5. The van der Waals surface area contributed by atoms with E-state index in [-0.39, 0.29) is 5.78 Å². The van der Waals surface area contributed by atoms with Crippen LogP contribution in [0.4, 0.5) is 0 Å². The molecule has 0 unspecified atom stereocenters. The Morgan fingerprint density at radius 1 is 1.19 bits per heavy atom. The summed E-state index contributed by atoms with van der Waals surface area (Å²) >= 11 is 5.38. The molecule has 0 heterocycles. The van der Waals surface area contributed by atoms with Crippen LogP contribution in [0.25, 0.3) is 0 Å². The lowest BCUT2D eigenvalue weighted by Gasteiger charge is -2.07. The van der Waals surface area contributed by atoms with Gasteiger partial charge < -0.3 is 4.74 Å². The molecule has 2 aromatic rings. The van der Waals surface area contributed by atoms with E-state index < -0.39 is 0 Å². The number of thioether (sulfide) groups is 1. The van der Waals surface area contributed by atoms with Gasteiger partial charge in [0.1, 0.15) is 5.75 Å². The van der Waals surface area contributed by atoms with E-state index in [0.717, 1.165) is 21.7 Å². The van der Waals surface area contributed by atoms with Crippen LogP contribution in [-0.2, 0) is 5.75 Å². The highest BCUT2D eigenvalue weighted by molar-refractivity contribution is 9.10. The molecule has 0 aliphatic heterocycles.